The number of hydrogen-bond donors (Lipinski definition) is 1. The highest BCUT2D eigenvalue weighted by Gasteiger charge is 2.27. The molecule has 1 aliphatic carbocycles. The molecular formula is C19H27N5O2. The number of imidazole rings is 1. The lowest BCUT2D eigenvalue weighted by atomic mass is 9.85. The standard InChI is InChI=1S/C19H27N5O2/c1-19(2,3)26-18(25)24(10-14-5-4-6-14)12-15-7-8-17-22-16(9-21-20)13-23(17)11-15/h7-8,11,13-14,20H,4-6,9-10,12H2,1-3H3. The van der Waals surface area contributed by atoms with Crippen molar-refractivity contribution in [3.8, 4) is 0 Å². The molecule has 3 rings (SSSR count). The normalized spacial score (nSPS) is 14.9. The van der Waals surface area contributed by atoms with E-state index in [0.29, 0.717) is 12.5 Å². The number of ether oxygens (including phenoxy) is 1. The van der Waals surface area contributed by atoms with Gasteiger partial charge in [0.15, 0.2) is 0 Å². The maximum Gasteiger partial charge on any atom is 0.410 e. The third kappa shape index (κ3) is 4.59. The molecule has 2 aromatic heterocycles. The van der Waals surface area contributed by atoms with Gasteiger partial charge in [-0.25, -0.2) is 15.3 Å². The van der Waals surface area contributed by atoms with Crippen LogP contribution in [0.15, 0.2) is 29.6 Å². The minimum Gasteiger partial charge on any atom is -0.444 e. The van der Waals surface area contributed by atoms with Gasteiger partial charge in [-0.3, -0.25) is 0 Å². The SMILES string of the molecule is CC(C)(C)OC(=O)N(Cc1ccc2nc(CN=N)cn2c1)CC1CCC1. The molecule has 1 fully saturated rings. The van der Waals surface area contributed by atoms with E-state index < -0.39 is 5.60 Å². The van der Waals surface area contributed by atoms with Crippen molar-refractivity contribution >= 4 is 11.7 Å². The molecule has 0 bridgehead atoms. The van der Waals surface area contributed by atoms with Crippen molar-refractivity contribution in [2.45, 2.75) is 58.7 Å². The van der Waals surface area contributed by atoms with Crippen LogP contribution in [0.25, 0.3) is 5.65 Å². The zero-order valence-corrected chi connectivity index (χ0v) is 15.7. The van der Waals surface area contributed by atoms with Crippen LogP contribution in [0.5, 0.6) is 0 Å². The molecule has 0 aliphatic heterocycles. The largest absolute Gasteiger partial charge is 0.444 e. The van der Waals surface area contributed by atoms with Crippen LogP contribution in [-0.2, 0) is 17.8 Å². The van der Waals surface area contributed by atoms with Gasteiger partial charge in [-0.15, -0.1) is 0 Å². The van der Waals surface area contributed by atoms with Crippen molar-refractivity contribution in [1.29, 1.82) is 5.53 Å². The average Bonchev–Trinajstić information content (AvgIpc) is 2.89. The fourth-order valence-corrected chi connectivity index (χ4v) is 3.08. The number of rotatable bonds is 6. The lowest BCUT2D eigenvalue weighted by Gasteiger charge is -2.33. The number of fused-ring (bicyclic) bond motifs is 1. The summed E-state index contributed by atoms with van der Waals surface area (Å²) in [4.78, 5) is 18.9. The Hall–Kier alpha value is -2.44. The Labute approximate surface area is 153 Å². The van der Waals surface area contributed by atoms with Crippen LogP contribution >= 0.6 is 0 Å². The highest BCUT2D eigenvalue weighted by atomic mass is 16.6. The minimum absolute atomic E-state index is 0.260. The van der Waals surface area contributed by atoms with Gasteiger partial charge < -0.3 is 14.0 Å². The number of nitrogens with zero attached hydrogens (tertiary/aromatic N) is 4. The lowest BCUT2D eigenvalue weighted by molar-refractivity contribution is 0.0173. The molecule has 7 nitrogen and oxygen atoms in total. The predicted octanol–water partition coefficient (Wildman–Crippen LogP) is 4.40. The van der Waals surface area contributed by atoms with Gasteiger partial charge >= 0.3 is 6.09 Å². The third-order valence-electron chi connectivity index (χ3n) is 4.53. The van der Waals surface area contributed by atoms with E-state index >= 15 is 0 Å². The van der Waals surface area contributed by atoms with Gasteiger partial charge in [0.1, 0.15) is 17.8 Å². The molecular weight excluding hydrogens is 330 g/mol. The number of pyridine rings is 1. The highest BCUT2D eigenvalue weighted by Crippen LogP contribution is 2.28. The Balaban J connectivity index is 1.77. The van der Waals surface area contributed by atoms with Crippen LogP contribution in [-0.4, -0.2) is 32.5 Å². The van der Waals surface area contributed by atoms with E-state index in [0.717, 1.165) is 23.4 Å². The first-order chi connectivity index (χ1) is 12.3. The van der Waals surface area contributed by atoms with E-state index in [-0.39, 0.29) is 12.6 Å². The fraction of sp³-hybridized carbons (Fsp3) is 0.579. The maximum atomic E-state index is 12.6. The molecule has 0 atom stereocenters. The first-order valence-electron chi connectivity index (χ1n) is 9.12. The summed E-state index contributed by atoms with van der Waals surface area (Å²) in [5, 5.41) is 3.38. The smallest absolute Gasteiger partial charge is 0.410 e. The van der Waals surface area contributed by atoms with Crippen LogP contribution in [0.2, 0.25) is 0 Å². The van der Waals surface area contributed by atoms with Gasteiger partial charge in [0.25, 0.3) is 0 Å². The number of carbonyl (C=O) groups is 1. The van der Waals surface area contributed by atoms with Crippen molar-refractivity contribution < 1.29 is 9.53 Å². The molecule has 7 heteroatoms. The monoisotopic (exact) mass is 357 g/mol. The van der Waals surface area contributed by atoms with Crippen LogP contribution in [0, 0.1) is 11.4 Å². The number of carbonyl (C=O) groups excluding carboxylic acids is 1. The first-order valence-corrected chi connectivity index (χ1v) is 9.12. The van der Waals surface area contributed by atoms with Crippen LogP contribution < -0.4 is 0 Å². The Morgan fingerprint density at radius 3 is 2.77 bits per heavy atom. The number of nitrogens with one attached hydrogen (secondary N) is 1. The molecule has 0 saturated heterocycles. The molecule has 0 aromatic carbocycles. The molecule has 2 aromatic rings. The Kier molecular flexibility index (Phi) is 5.25. The van der Waals surface area contributed by atoms with Gasteiger partial charge in [-0.05, 0) is 51.2 Å². The molecule has 0 radical (unpaired) electrons. The van der Waals surface area contributed by atoms with E-state index in [9.17, 15) is 4.79 Å². The van der Waals surface area contributed by atoms with Crippen LogP contribution in [0.4, 0.5) is 4.79 Å². The highest BCUT2D eigenvalue weighted by molar-refractivity contribution is 5.68. The molecule has 26 heavy (non-hydrogen) atoms. The van der Waals surface area contributed by atoms with Crippen molar-refractivity contribution in [3.05, 3.63) is 35.8 Å². The lowest BCUT2D eigenvalue weighted by Crippen LogP contribution is -2.40. The van der Waals surface area contributed by atoms with E-state index in [1.165, 1.54) is 19.3 Å². The summed E-state index contributed by atoms with van der Waals surface area (Å²) in [6.07, 6.45) is 7.20. The summed E-state index contributed by atoms with van der Waals surface area (Å²) in [6.45, 7) is 7.20. The zero-order valence-electron chi connectivity index (χ0n) is 15.7. The summed E-state index contributed by atoms with van der Waals surface area (Å²) >= 11 is 0. The summed E-state index contributed by atoms with van der Waals surface area (Å²) in [7, 11) is 0. The molecule has 2 heterocycles. The fourth-order valence-electron chi connectivity index (χ4n) is 3.08. The molecule has 1 saturated carbocycles. The predicted molar refractivity (Wildman–Crippen MR) is 98.0 cm³/mol. The van der Waals surface area contributed by atoms with Crippen molar-refractivity contribution in [3.63, 3.8) is 0 Å². The van der Waals surface area contributed by atoms with Crippen molar-refractivity contribution in [2.75, 3.05) is 6.54 Å². The molecule has 1 amide bonds. The first kappa shape index (κ1) is 18.4. The van der Waals surface area contributed by atoms with E-state index in [1.54, 1.807) is 0 Å². The molecule has 140 valence electrons. The Morgan fingerprint density at radius 1 is 1.38 bits per heavy atom. The third-order valence-corrected chi connectivity index (χ3v) is 4.53. The summed E-state index contributed by atoms with van der Waals surface area (Å²) < 4.78 is 7.52. The van der Waals surface area contributed by atoms with Gasteiger partial charge in [-0.2, -0.15) is 5.11 Å². The second-order valence-corrected chi connectivity index (χ2v) is 8.01. The number of aromatic nitrogens is 2. The Bertz CT molecular complexity index is 789. The molecule has 1 aliphatic rings. The van der Waals surface area contributed by atoms with Crippen molar-refractivity contribution in [2.24, 2.45) is 11.0 Å². The van der Waals surface area contributed by atoms with E-state index in [1.807, 2.05) is 54.6 Å². The average molecular weight is 357 g/mol. The molecule has 0 spiro atoms. The van der Waals surface area contributed by atoms with Gasteiger partial charge in [-0.1, -0.05) is 12.5 Å². The number of amides is 1. The molecule has 1 N–H and O–H groups in total. The minimum atomic E-state index is -0.502. The topological polar surface area (TPSA) is 83.0 Å². The second-order valence-electron chi connectivity index (χ2n) is 8.01. The van der Waals surface area contributed by atoms with E-state index in [2.05, 4.69) is 10.1 Å². The molecule has 0 unspecified atom stereocenters. The second kappa shape index (κ2) is 7.43. The summed E-state index contributed by atoms with van der Waals surface area (Å²) in [5.74, 6) is 0.574. The number of hydrogen-bond acceptors (Lipinski definition) is 5. The summed E-state index contributed by atoms with van der Waals surface area (Å²) in [6, 6.07) is 3.92. The Morgan fingerprint density at radius 2 is 2.15 bits per heavy atom. The van der Waals surface area contributed by atoms with Gasteiger partial charge in [0, 0.05) is 18.9 Å². The van der Waals surface area contributed by atoms with Gasteiger partial charge in [0.2, 0.25) is 0 Å². The maximum absolute atomic E-state index is 12.6. The van der Waals surface area contributed by atoms with Crippen LogP contribution in [0.3, 0.4) is 0 Å². The van der Waals surface area contributed by atoms with Gasteiger partial charge in [0.05, 0.1) is 12.2 Å². The summed E-state index contributed by atoms with van der Waals surface area (Å²) in [5.41, 5.74) is 9.07. The zero-order chi connectivity index (χ0) is 18.7. The van der Waals surface area contributed by atoms with Crippen molar-refractivity contribution in [1.82, 2.24) is 14.3 Å². The van der Waals surface area contributed by atoms with E-state index in [4.69, 9.17) is 10.3 Å². The quantitative estimate of drug-likeness (QED) is 0.778. The van der Waals surface area contributed by atoms with Crippen LogP contribution in [0.1, 0.15) is 51.3 Å².